The van der Waals surface area contributed by atoms with Crippen LogP contribution in [0.4, 0.5) is 11.5 Å². The van der Waals surface area contributed by atoms with Crippen LogP contribution in [0.25, 0.3) is 5.65 Å². The van der Waals surface area contributed by atoms with Crippen molar-refractivity contribution in [1.29, 1.82) is 0 Å². The maximum atomic E-state index is 12.6. The molecular formula is C20H20N4O4. The summed E-state index contributed by atoms with van der Waals surface area (Å²) < 4.78 is 7.18. The van der Waals surface area contributed by atoms with Crippen LogP contribution in [0.3, 0.4) is 0 Å². The molecular weight excluding hydrogens is 360 g/mol. The highest BCUT2D eigenvalue weighted by Gasteiger charge is 2.30. The van der Waals surface area contributed by atoms with E-state index in [1.807, 2.05) is 35.2 Å². The maximum absolute atomic E-state index is 12.6. The van der Waals surface area contributed by atoms with Crippen molar-refractivity contribution in [2.75, 3.05) is 18.0 Å². The van der Waals surface area contributed by atoms with Crippen molar-refractivity contribution in [1.82, 2.24) is 9.38 Å². The van der Waals surface area contributed by atoms with E-state index in [4.69, 9.17) is 4.74 Å². The lowest BCUT2D eigenvalue weighted by atomic mass is 10.1. The van der Waals surface area contributed by atoms with E-state index < -0.39 is 16.2 Å². The number of ether oxygens (including phenoxy) is 1. The van der Waals surface area contributed by atoms with Gasteiger partial charge in [0.05, 0.1) is 17.6 Å². The minimum Gasteiger partial charge on any atom is -0.373 e. The van der Waals surface area contributed by atoms with Gasteiger partial charge < -0.3 is 9.64 Å². The molecule has 0 amide bonds. The second kappa shape index (κ2) is 7.77. The predicted molar refractivity (Wildman–Crippen MR) is 105 cm³/mol. The molecule has 28 heavy (non-hydrogen) atoms. The molecule has 144 valence electrons. The molecule has 2 aromatic heterocycles. The van der Waals surface area contributed by atoms with Gasteiger partial charge in [0, 0.05) is 19.3 Å². The SMILES string of the molecule is O=c1c([N+](=O)[O-])c(N2CCC(OCc3ccccc3)CC2)nc2ccccn12. The highest BCUT2D eigenvalue weighted by molar-refractivity contribution is 5.61. The molecule has 0 bridgehead atoms. The third kappa shape index (κ3) is 3.59. The van der Waals surface area contributed by atoms with Gasteiger partial charge in [0.1, 0.15) is 5.65 Å². The zero-order valence-corrected chi connectivity index (χ0v) is 15.2. The van der Waals surface area contributed by atoms with Gasteiger partial charge in [0.25, 0.3) is 0 Å². The normalized spacial score (nSPS) is 15.1. The number of pyridine rings is 1. The highest BCUT2D eigenvalue weighted by Crippen LogP contribution is 2.27. The van der Waals surface area contributed by atoms with E-state index in [9.17, 15) is 14.9 Å². The standard InChI is InChI=1S/C20H20N4O4/c25-20-18(24(26)27)19(21-17-8-4-5-11-23(17)20)22-12-9-16(10-13-22)28-14-15-6-2-1-3-7-15/h1-8,11,16H,9-10,12-14H2. The number of hydrogen-bond acceptors (Lipinski definition) is 6. The molecule has 0 unspecified atom stereocenters. The van der Waals surface area contributed by atoms with Gasteiger partial charge in [0.2, 0.25) is 5.82 Å². The molecule has 8 nitrogen and oxygen atoms in total. The van der Waals surface area contributed by atoms with Crippen LogP contribution < -0.4 is 10.5 Å². The van der Waals surface area contributed by atoms with Gasteiger partial charge in [-0.2, -0.15) is 0 Å². The van der Waals surface area contributed by atoms with E-state index >= 15 is 0 Å². The van der Waals surface area contributed by atoms with E-state index in [1.165, 1.54) is 10.6 Å². The number of aromatic nitrogens is 2. The Morgan fingerprint density at radius 2 is 1.82 bits per heavy atom. The van der Waals surface area contributed by atoms with E-state index in [-0.39, 0.29) is 11.9 Å². The largest absolute Gasteiger partial charge is 0.376 e. The van der Waals surface area contributed by atoms with Gasteiger partial charge in [-0.3, -0.25) is 19.3 Å². The average Bonchev–Trinajstić information content (AvgIpc) is 2.73. The minimum absolute atomic E-state index is 0.0806. The first kappa shape index (κ1) is 18.1. The quantitative estimate of drug-likeness (QED) is 0.499. The molecule has 1 fully saturated rings. The number of nitrogens with zero attached hydrogens (tertiary/aromatic N) is 4. The predicted octanol–water partition coefficient (Wildman–Crippen LogP) is 2.79. The number of anilines is 1. The van der Waals surface area contributed by atoms with E-state index in [1.54, 1.807) is 18.2 Å². The summed E-state index contributed by atoms with van der Waals surface area (Å²) in [7, 11) is 0. The molecule has 1 aliphatic heterocycles. The fourth-order valence-electron chi connectivity index (χ4n) is 3.47. The van der Waals surface area contributed by atoms with Crippen molar-refractivity contribution in [3.63, 3.8) is 0 Å². The Bertz CT molecular complexity index is 1040. The molecule has 0 spiro atoms. The first-order chi connectivity index (χ1) is 13.6. The van der Waals surface area contributed by atoms with Gasteiger partial charge in [0.15, 0.2) is 0 Å². The average molecular weight is 380 g/mol. The number of fused-ring (bicyclic) bond motifs is 1. The number of hydrogen-bond donors (Lipinski definition) is 0. The molecule has 1 aromatic carbocycles. The van der Waals surface area contributed by atoms with Gasteiger partial charge >= 0.3 is 11.2 Å². The number of rotatable bonds is 5. The summed E-state index contributed by atoms with van der Waals surface area (Å²) in [6.07, 6.45) is 3.02. The van der Waals surface area contributed by atoms with Crippen LogP contribution in [0, 0.1) is 10.1 Å². The molecule has 3 aromatic rings. The zero-order valence-electron chi connectivity index (χ0n) is 15.2. The lowest BCUT2D eigenvalue weighted by molar-refractivity contribution is -0.385. The fraction of sp³-hybridized carbons (Fsp3) is 0.300. The summed E-state index contributed by atoms with van der Waals surface area (Å²) in [6, 6.07) is 15.0. The summed E-state index contributed by atoms with van der Waals surface area (Å²) >= 11 is 0. The van der Waals surface area contributed by atoms with Crippen LogP contribution >= 0.6 is 0 Å². The Morgan fingerprint density at radius 3 is 2.54 bits per heavy atom. The van der Waals surface area contributed by atoms with Gasteiger partial charge in [-0.15, -0.1) is 0 Å². The molecule has 0 atom stereocenters. The zero-order chi connectivity index (χ0) is 19.5. The molecule has 4 rings (SSSR count). The van der Waals surface area contributed by atoms with Crippen LogP contribution in [0.1, 0.15) is 18.4 Å². The van der Waals surface area contributed by atoms with Crippen molar-refractivity contribution in [3.8, 4) is 0 Å². The Balaban J connectivity index is 1.51. The van der Waals surface area contributed by atoms with E-state index in [0.717, 1.165) is 18.4 Å². The first-order valence-corrected chi connectivity index (χ1v) is 9.20. The topological polar surface area (TPSA) is 90.0 Å². The van der Waals surface area contributed by atoms with Crippen LogP contribution in [0.2, 0.25) is 0 Å². The fourth-order valence-corrected chi connectivity index (χ4v) is 3.47. The van der Waals surface area contributed by atoms with Crippen molar-refractivity contribution in [2.24, 2.45) is 0 Å². The monoisotopic (exact) mass is 380 g/mol. The molecule has 0 radical (unpaired) electrons. The van der Waals surface area contributed by atoms with Gasteiger partial charge in [-0.25, -0.2) is 4.98 Å². The van der Waals surface area contributed by atoms with Crippen LogP contribution in [-0.4, -0.2) is 33.5 Å². The second-order valence-corrected chi connectivity index (χ2v) is 6.76. The van der Waals surface area contributed by atoms with Crippen LogP contribution in [0.15, 0.2) is 59.5 Å². The number of benzene rings is 1. The maximum Gasteiger partial charge on any atom is 0.376 e. The lowest BCUT2D eigenvalue weighted by Gasteiger charge is -2.32. The molecule has 1 aliphatic rings. The summed E-state index contributed by atoms with van der Waals surface area (Å²) in [5.41, 5.74) is 0.376. The Kier molecular flexibility index (Phi) is 5.03. The first-order valence-electron chi connectivity index (χ1n) is 9.20. The van der Waals surface area contributed by atoms with Crippen LogP contribution in [0.5, 0.6) is 0 Å². The molecule has 0 N–H and O–H groups in total. The molecule has 3 heterocycles. The van der Waals surface area contributed by atoms with Crippen molar-refractivity contribution in [2.45, 2.75) is 25.6 Å². The van der Waals surface area contributed by atoms with E-state index in [0.29, 0.717) is 25.3 Å². The Labute approximate surface area is 161 Å². The van der Waals surface area contributed by atoms with E-state index in [2.05, 4.69) is 4.98 Å². The van der Waals surface area contributed by atoms with Crippen molar-refractivity contribution in [3.05, 3.63) is 80.8 Å². The molecule has 0 aliphatic carbocycles. The van der Waals surface area contributed by atoms with Gasteiger partial charge in [-0.05, 0) is 30.5 Å². The second-order valence-electron chi connectivity index (χ2n) is 6.76. The lowest BCUT2D eigenvalue weighted by Crippen LogP contribution is -2.39. The smallest absolute Gasteiger partial charge is 0.373 e. The minimum atomic E-state index is -0.659. The third-order valence-electron chi connectivity index (χ3n) is 4.94. The summed E-state index contributed by atoms with van der Waals surface area (Å²) in [5, 5.41) is 11.6. The highest BCUT2D eigenvalue weighted by atomic mass is 16.6. The molecule has 0 saturated carbocycles. The third-order valence-corrected chi connectivity index (χ3v) is 4.94. The van der Waals surface area contributed by atoms with Crippen molar-refractivity contribution < 1.29 is 9.66 Å². The summed E-state index contributed by atoms with van der Waals surface area (Å²) in [6.45, 7) is 1.65. The Hall–Kier alpha value is -3.26. The van der Waals surface area contributed by atoms with Crippen LogP contribution in [-0.2, 0) is 11.3 Å². The number of nitro groups is 1. The van der Waals surface area contributed by atoms with Crippen molar-refractivity contribution >= 4 is 17.2 Å². The molecule has 8 heteroatoms. The Morgan fingerprint density at radius 1 is 1.11 bits per heavy atom. The number of piperidine rings is 1. The van der Waals surface area contributed by atoms with Gasteiger partial charge in [-0.1, -0.05) is 36.4 Å². The summed E-state index contributed by atoms with van der Waals surface area (Å²) in [5.74, 6) is 0.141. The molecule has 1 saturated heterocycles. The summed E-state index contributed by atoms with van der Waals surface area (Å²) in [4.78, 5) is 29.7.